The highest BCUT2D eigenvalue weighted by molar-refractivity contribution is 6.10. The summed E-state index contributed by atoms with van der Waals surface area (Å²) in [4.78, 5) is 12.4. The molecule has 0 radical (unpaired) electrons. The molecule has 0 aliphatic carbocycles. The molecule has 3 aromatic rings. The van der Waals surface area contributed by atoms with E-state index in [1.807, 2.05) is 48.7 Å². The highest BCUT2D eigenvalue weighted by Gasteiger charge is 2.20. The molecule has 1 amide bonds. The van der Waals surface area contributed by atoms with E-state index >= 15 is 0 Å². The van der Waals surface area contributed by atoms with Crippen LogP contribution >= 0.6 is 0 Å². The van der Waals surface area contributed by atoms with E-state index in [4.69, 9.17) is 0 Å². The van der Waals surface area contributed by atoms with Crippen LogP contribution in [0.1, 0.15) is 37.5 Å². The molecule has 4 nitrogen and oxygen atoms in total. The molecule has 4 heteroatoms. The molecule has 0 bridgehead atoms. The van der Waals surface area contributed by atoms with Crippen molar-refractivity contribution in [3.05, 3.63) is 95.3 Å². The molecule has 1 aliphatic rings. The molecule has 1 aromatic heterocycles. The lowest BCUT2D eigenvalue weighted by Crippen LogP contribution is -2.16. The van der Waals surface area contributed by atoms with Crippen LogP contribution in [0.3, 0.4) is 0 Å². The standard InChI is InChI=1S/C24H23N3O/c1-24(2,3)20-11-9-18(10-12-20)22-14-19(23(28)26-22)13-17-15-25-27(16-17)21-7-5-4-6-8-21/h4-16H,1-3H3,(H,26,28). The Bertz CT molecular complexity index is 1070. The maximum Gasteiger partial charge on any atom is 0.255 e. The molecule has 4 rings (SSSR count). The fourth-order valence-electron chi connectivity index (χ4n) is 3.18. The maximum absolute atomic E-state index is 12.4. The highest BCUT2D eigenvalue weighted by Crippen LogP contribution is 2.26. The Morgan fingerprint density at radius 2 is 1.71 bits per heavy atom. The fraction of sp³-hybridized carbons (Fsp3) is 0.167. The van der Waals surface area contributed by atoms with Gasteiger partial charge in [0.15, 0.2) is 0 Å². The number of nitrogens with one attached hydrogen (secondary N) is 1. The van der Waals surface area contributed by atoms with Gasteiger partial charge in [-0.25, -0.2) is 4.68 Å². The van der Waals surface area contributed by atoms with E-state index in [0.717, 1.165) is 22.5 Å². The molecule has 1 aliphatic heterocycles. The zero-order chi connectivity index (χ0) is 19.7. The minimum atomic E-state index is -0.0950. The van der Waals surface area contributed by atoms with Crippen molar-refractivity contribution in [2.24, 2.45) is 0 Å². The Kier molecular flexibility index (Phi) is 4.47. The molecule has 0 unspecified atom stereocenters. The first-order valence-corrected chi connectivity index (χ1v) is 9.36. The third kappa shape index (κ3) is 3.67. The number of hydrogen-bond acceptors (Lipinski definition) is 2. The molecule has 28 heavy (non-hydrogen) atoms. The Hall–Kier alpha value is -3.40. The van der Waals surface area contributed by atoms with Crippen LogP contribution in [0.4, 0.5) is 0 Å². The van der Waals surface area contributed by atoms with Crippen molar-refractivity contribution < 1.29 is 4.79 Å². The van der Waals surface area contributed by atoms with Gasteiger partial charge in [-0.2, -0.15) is 5.10 Å². The summed E-state index contributed by atoms with van der Waals surface area (Å²) in [5.74, 6) is -0.0950. The van der Waals surface area contributed by atoms with Gasteiger partial charge in [-0.05, 0) is 40.8 Å². The van der Waals surface area contributed by atoms with Gasteiger partial charge in [0.1, 0.15) is 0 Å². The van der Waals surface area contributed by atoms with E-state index in [9.17, 15) is 4.79 Å². The zero-order valence-electron chi connectivity index (χ0n) is 16.3. The highest BCUT2D eigenvalue weighted by atomic mass is 16.1. The molecule has 0 spiro atoms. The Balaban J connectivity index is 1.58. The molecular weight excluding hydrogens is 346 g/mol. The smallest absolute Gasteiger partial charge is 0.255 e. The first-order valence-electron chi connectivity index (χ1n) is 9.36. The van der Waals surface area contributed by atoms with Gasteiger partial charge in [-0.3, -0.25) is 4.79 Å². The summed E-state index contributed by atoms with van der Waals surface area (Å²) in [6.45, 7) is 6.57. The monoisotopic (exact) mass is 369 g/mol. The van der Waals surface area contributed by atoms with Crippen LogP contribution in [0.2, 0.25) is 0 Å². The van der Waals surface area contributed by atoms with E-state index in [1.165, 1.54) is 5.56 Å². The van der Waals surface area contributed by atoms with Crippen molar-refractivity contribution >= 4 is 17.7 Å². The van der Waals surface area contributed by atoms with Gasteiger partial charge >= 0.3 is 0 Å². The quantitative estimate of drug-likeness (QED) is 0.679. The first-order chi connectivity index (χ1) is 13.4. The van der Waals surface area contributed by atoms with Crippen molar-refractivity contribution in [2.75, 3.05) is 0 Å². The van der Waals surface area contributed by atoms with Crippen LogP contribution in [0.5, 0.6) is 0 Å². The van der Waals surface area contributed by atoms with Crippen LogP contribution in [-0.4, -0.2) is 15.7 Å². The number of carbonyl (C=O) groups excluding carboxylic acids is 1. The van der Waals surface area contributed by atoms with Gasteiger partial charge in [-0.1, -0.05) is 63.2 Å². The average molecular weight is 369 g/mol. The molecule has 0 saturated heterocycles. The topological polar surface area (TPSA) is 46.9 Å². The molecule has 0 atom stereocenters. The molecule has 2 aromatic carbocycles. The van der Waals surface area contributed by atoms with Gasteiger partial charge in [0.2, 0.25) is 0 Å². The van der Waals surface area contributed by atoms with E-state index in [-0.39, 0.29) is 11.3 Å². The second-order valence-corrected chi connectivity index (χ2v) is 7.99. The predicted octanol–water partition coefficient (Wildman–Crippen LogP) is 4.72. The Labute approximate surface area is 165 Å². The van der Waals surface area contributed by atoms with E-state index in [0.29, 0.717) is 5.57 Å². The number of rotatable bonds is 3. The number of benzene rings is 2. The maximum atomic E-state index is 12.4. The number of hydrogen-bond donors (Lipinski definition) is 1. The van der Waals surface area contributed by atoms with Crippen molar-refractivity contribution in [3.8, 4) is 5.69 Å². The summed E-state index contributed by atoms with van der Waals surface area (Å²) >= 11 is 0. The molecule has 1 N–H and O–H groups in total. The first kappa shape index (κ1) is 18.0. The lowest BCUT2D eigenvalue weighted by molar-refractivity contribution is -0.115. The third-order valence-electron chi connectivity index (χ3n) is 4.82. The minimum absolute atomic E-state index is 0.0950. The summed E-state index contributed by atoms with van der Waals surface area (Å²) in [5, 5.41) is 7.35. The molecule has 0 saturated carbocycles. The lowest BCUT2D eigenvalue weighted by Gasteiger charge is -2.19. The van der Waals surface area contributed by atoms with Gasteiger partial charge < -0.3 is 5.32 Å². The van der Waals surface area contributed by atoms with Gasteiger partial charge in [0, 0.05) is 23.0 Å². The van der Waals surface area contributed by atoms with Crippen LogP contribution < -0.4 is 5.32 Å². The van der Waals surface area contributed by atoms with Crippen LogP contribution in [-0.2, 0) is 10.2 Å². The zero-order valence-corrected chi connectivity index (χ0v) is 16.3. The largest absolute Gasteiger partial charge is 0.321 e. The third-order valence-corrected chi connectivity index (χ3v) is 4.82. The lowest BCUT2D eigenvalue weighted by atomic mass is 9.86. The van der Waals surface area contributed by atoms with E-state index in [1.54, 1.807) is 10.9 Å². The van der Waals surface area contributed by atoms with Gasteiger partial charge in [0.05, 0.1) is 11.9 Å². The van der Waals surface area contributed by atoms with Crippen molar-refractivity contribution in [3.63, 3.8) is 0 Å². The number of para-hydroxylation sites is 1. The summed E-state index contributed by atoms with van der Waals surface area (Å²) in [7, 11) is 0. The van der Waals surface area contributed by atoms with Gasteiger partial charge in [0.25, 0.3) is 5.91 Å². The van der Waals surface area contributed by atoms with Crippen LogP contribution in [0.15, 0.2) is 78.6 Å². The number of amides is 1. The summed E-state index contributed by atoms with van der Waals surface area (Å²) in [6.07, 6.45) is 7.43. The van der Waals surface area contributed by atoms with Crippen LogP contribution in [0, 0.1) is 0 Å². The fourth-order valence-corrected chi connectivity index (χ4v) is 3.18. The summed E-state index contributed by atoms with van der Waals surface area (Å²) in [6, 6.07) is 18.3. The summed E-state index contributed by atoms with van der Waals surface area (Å²) in [5.41, 5.74) is 5.70. The minimum Gasteiger partial charge on any atom is -0.321 e. The molecule has 2 heterocycles. The number of carbonyl (C=O) groups is 1. The molecule has 0 fully saturated rings. The average Bonchev–Trinajstić information content (AvgIpc) is 3.29. The van der Waals surface area contributed by atoms with E-state index in [2.05, 4.69) is 55.5 Å². The normalized spacial score (nSPS) is 15.6. The van der Waals surface area contributed by atoms with E-state index < -0.39 is 0 Å². The molecular formula is C24H23N3O. The van der Waals surface area contributed by atoms with Gasteiger partial charge in [-0.15, -0.1) is 0 Å². The number of aromatic nitrogens is 2. The van der Waals surface area contributed by atoms with Crippen molar-refractivity contribution in [1.82, 2.24) is 15.1 Å². The Morgan fingerprint density at radius 1 is 1.00 bits per heavy atom. The molecule has 140 valence electrons. The SMILES string of the molecule is CC(C)(C)c1ccc(C2=CC(=Cc3cnn(-c4ccccc4)c3)C(=O)N2)cc1. The van der Waals surface area contributed by atoms with Crippen LogP contribution in [0.25, 0.3) is 17.5 Å². The second-order valence-electron chi connectivity index (χ2n) is 7.99. The predicted molar refractivity (Wildman–Crippen MR) is 113 cm³/mol. The van der Waals surface area contributed by atoms with Crippen molar-refractivity contribution in [2.45, 2.75) is 26.2 Å². The summed E-state index contributed by atoms with van der Waals surface area (Å²) < 4.78 is 1.80. The number of nitrogens with zero attached hydrogens (tertiary/aromatic N) is 2. The Morgan fingerprint density at radius 3 is 2.39 bits per heavy atom. The second kappa shape index (κ2) is 6.97. The van der Waals surface area contributed by atoms with Crippen molar-refractivity contribution in [1.29, 1.82) is 0 Å².